The van der Waals surface area contributed by atoms with E-state index in [-0.39, 0.29) is 24.2 Å². The topological polar surface area (TPSA) is 108 Å². The molecular formula is C26H28F3N5O5. The van der Waals surface area contributed by atoms with Crippen LogP contribution in [0.4, 0.5) is 13.2 Å². The first-order chi connectivity index (χ1) is 18.6. The van der Waals surface area contributed by atoms with E-state index in [1.807, 2.05) is 11.0 Å². The standard InChI is InChI=1S/C26H28F3N5O5/c1-37-20-8-7-17(23(11-20)38-2)13-33-14-19(34-15-21(31-32-34)25(36)39-3)10-22(33)24(35)30-12-16-5-4-6-18(9-16)26(27,28)29/h4-9,11,15,19,22H,10,12-14H2,1-3H3,(H,30,35)/t19-,22-/m0/s1. The van der Waals surface area contributed by atoms with E-state index in [0.29, 0.717) is 36.6 Å². The fourth-order valence-electron chi connectivity index (χ4n) is 4.54. The Kier molecular flexibility index (Phi) is 8.38. The van der Waals surface area contributed by atoms with Crippen LogP contribution in [0.2, 0.25) is 0 Å². The van der Waals surface area contributed by atoms with Crippen molar-refractivity contribution in [3.05, 3.63) is 71.0 Å². The Balaban J connectivity index is 1.55. The summed E-state index contributed by atoms with van der Waals surface area (Å²) < 4.78 is 56.3. The van der Waals surface area contributed by atoms with Crippen LogP contribution in [0.5, 0.6) is 11.5 Å². The highest BCUT2D eigenvalue weighted by atomic mass is 19.4. The largest absolute Gasteiger partial charge is 0.497 e. The van der Waals surface area contributed by atoms with Crippen molar-refractivity contribution < 1.29 is 37.0 Å². The molecule has 208 valence electrons. The Hall–Kier alpha value is -4.13. The molecule has 1 saturated heterocycles. The number of aromatic nitrogens is 3. The number of halogens is 3. The van der Waals surface area contributed by atoms with Gasteiger partial charge >= 0.3 is 12.1 Å². The van der Waals surface area contributed by atoms with Crippen molar-refractivity contribution in [2.75, 3.05) is 27.9 Å². The first kappa shape index (κ1) is 27.9. The van der Waals surface area contributed by atoms with Gasteiger partial charge in [0, 0.05) is 31.3 Å². The molecular weight excluding hydrogens is 519 g/mol. The summed E-state index contributed by atoms with van der Waals surface area (Å²) in [5.41, 5.74) is 0.396. The molecule has 2 heterocycles. The molecule has 0 bridgehead atoms. The van der Waals surface area contributed by atoms with Crippen LogP contribution in [0.3, 0.4) is 0 Å². The summed E-state index contributed by atoms with van der Waals surface area (Å²) in [6.45, 7) is 0.657. The van der Waals surface area contributed by atoms with Gasteiger partial charge in [-0.25, -0.2) is 9.48 Å². The molecule has 1 fully saturated rings. The minimum Gasteiger partial charge on any atom is -0.497 e. The zero-order valence-electron chi connectivity index (χ0n) is 21.6. The molecule has 1 aromatic heterocycles. The van der Waals surface area contributed by atoms with E-state index in [1.165, 1.54) is 37.2 Å². The summed E-state index contributed by atoms with van der Waals surface area (Å²) in [5, 5.41) is 10.7. The molecule has 2 atom stereocenters. The lowest BCUT2D eigenvalue weighted by atomic mass is 10.1. The number of nitrogens with zero attached hydrogens (tertiary/aromatic N) is 4. The summed E-state index contributed by atoms with van der Waals surface area (Å²) in [4.78, 5) is 27.1. The second kappa shape index (κ2) is 11.7. The fourth-order valence-corrected chi connectivity index (χ4v) is 4.54. The minimum absolute atomic E-state index is 0.0401. The summed E-state index contributed by atoms with van der Waals surface area (Å²) in [5.74, 6) is 0.211. The van der Waals surface area contributed by atoms with Crippen LogP contribution >= 0.6 is 0 Å². The Labute approximate surface area is 222 Å². The number of amides is 1. The number of methoxy groups -OCH3 is 3. The second-order valence-electron chi connectivity index (χ2n) is 9.00. The first-order valence-corrected chi connectivity index (χ1v) is 12.0. The quantitative estimate of drug-likeness (QED) is 0.407. The van der Waals surface area contributed by atoms with Crippen molar-refractivity contribution in [3.8, 4) is 11.5 Å². The van der Waals surface area contributed by atoms with Crippen LogP contribution in [0.15, 0.2) is 48.7 Å². The molecule has 1 amide bonds. The van der Waals surface area contributed by atoms with Crippen molar-refractivity contribution in [1.82, 2.24) is 25.2 Å². The van der Waals surface area contributed by atoms with Gasteiger partial charge < -0.3 is 19.5 Å². The van der Waals surface area contributed by atoms with Gasteiger partial charge in [0.05, 0.1) is 45.2 Å². The van der Waals surface area contributed by atoms with Crippen molar-refractivity contribution in [3.63, 3.8) is 0 Å². The van der Waals surface area contributed by atoms with Gasteiger partial charge in [-0.15, -0.1) is 5.10 Å². The predicted octanol–water partition coefficient (Wildman–Crippen LogP) is 3.23. The lowest BCUT2D eigenvalue weighted by molar-refractivity contribution is -0.137. The van der Waals surface area contributed by atoms with Gasteiger partial charge in [0.2, 0.25) is 5.91 Å². The van der Waals surface area contributed by atoms with Crippen LogP contribution < -0.4 is 14.8 Å². The van der Waals surface area contributed by atoms with Crippen molar-refractivity contribution >= 4 is 11.9 Å². The number of carbonyl (C=O) groups excluding carboxylic acids is 2. The van der Waals surface area contributed by atoms with Crippen LogP contribution in [-0.2, 0) is 28.8 Å². The Bertz CT molecular complexity index is 1330. The van der Waals surface area contributed by atoms with Crippen LogP contribution in [0.25, 0.3) is 0 Å². The summed E-state index contributed by atoms with van der Waals surface area (Å²) in [6.07, 6.45) is -2.68. The maximum absolute atomic E-state index is 13.3. The summed E-state index contributed by atoms with van der Waals surface area (Å²) in [7, 11) is 4.32. The van der Waals surface area contributed by atoms with E-state index in [0.717, 1.165) is 17.7 Å². The third-order valence-corrected chi connectivity index (χ3v) is 6.55. The van der Waals surface area contributed by atoms with Crippen LogP contribution in [0.1, 0.15) is 39.6 Å². The minimum atomic E-state index is -4.48. The fraction of sp³-hybridized carbons (Fsp3) is 0.385. The predicted molar refractivity (Wildman–Crippen MR) is 132 cm³/mol. The van der Waals surface area contributed by atoms with Crippen molar-refractivity contribution in [2.45, 2.75) is 37.8 Å². The van der Waals surface area contributed by atoms with Gasteiger partial charge in [-0.1, -0.05) is 23.4 Å². The summed E-state index contributed by atoms with van der Waals surface area (Å²) >= 11 is 0. The van der Waals surface area contributed by atoms with Gasteiger partial charge in [0.25, 0.3) is 0 Å². The van der Waals surface area contributed by atoms with Crippen LogP contribution in [-0.4, -0.2) is 65.7 Å². The number of carbonyl (C=O) groups is 2. The number of hydrogen-bond acceptors (Lipinski definition) is 8. The highest BCUT2D eigenvalue weighted by Crippen LogP contribution is 2.33. The zero-order valence-corrected chi connectivity index (χ0v) is 21.6. The number of nitrogens with one attached hydrogen (secondary N) is 1. The Morgan fingerprint density at radius 2 is 1.90 bits per heavy atom. The maximum Gasteiger partial charge on any atom is 0.416 e. The SMILES string of the molecule is COC(=O)c1cn([C@H]2C[C@@H](C(=O)NCc3cccc(C(F)(F)F)c3)N(Cc3ccc(OC)cc3OC)C2)nn1. The van der Waals surface area contributed by atoms with E-state index < -0.39 is 23.8 Å². The molecule has 2 aromatic carbocycles. The number of ether oxygens (including phenoxy) is 3. The third kappa shape index (κ3) is 6.48. The Morgan fingerprint density at radius 1 is 1.10 bits per heavy atom. The van der Waals surface area contributed by atoms with Gasteiger partial charge in [-0.3, -0.25) is 9.69 Å². The molecule has 1 aliphatic heterocycles. The molecule has 0 unspecified atom stereocenters. The highest BCUT2D eigenvalue weighted by molar-refractivity contribution is 5.86. The smallest absolute Gasteiger partial charge is 0.416 e. The average molecular weight is 548 g/mol. The average Bonchev–Trinajstić information content (AvgIpc) is 3.59. The molecule has 13 heteroatoms. The van der Waals surface area contributed by atoms with Gasteiger partial charge in [-0.2, -0.15) is 13.2 Å². The number of esters is 1. The molecule has 0 saturated carbocycles. The molecule has 0 radical (unpaired) electrons. The molecule has 10 nitrogen and oxygen atoms in total. The number of benzene rings is 2. The van der Waals surface area contributed by atoms with Crippen LogP contribution in [0, 0.1) is 0 Å². The second-order valence-corrected chi connectivity index (χ2v) is 9.00. The molecule has 0 spiro atoms. The van der Waals surface area contributed by atoms with Crippen molar-refractivity contribution in [1.29, 1.82) is 0 Å². The van der Waals surface area contributed by atoms with E-state index in [4.69, 9.17) is 14.2 Å². The summed E-state index contributed by atoms with van der Waals surface area (Å²) in [6, 6.07) is 9.26. The highest BCUT2D eigenvalue weighted by Gasteiger charge is 2.39. The maximum atomic E-state index is 13.3. The third-order valence-electron chi connectivity index (χ3n) is 6.55. The number of alkyl halides is 3. The van der Waals surface area contributed by atoms with E-state index in [1.54, 1.807) is 19.2 Å². The molecule has 4 rings (SSSR count). The van der Waals surface area contributed by atoms with E-state index in [9.17, 15) is 22.8 Å². The zero-order chi connectivity index (χ0) is 28.2. The lowest BCUT2D eigenvalue weighted by Gasteiger charge is -2.24. The van der Waals surface area contributed by atoms with E-state index >= 15 is 0 Å². The number of rotatable bonds is 9. The normalized spacial score (nSPS) is 17.6. The molecule has 0 aliphatic carbocycles. The van der Waals surface area contributed by atoms with Gasteiger partial charge in [-0.05, 0) is 30.2 Å². The molecule has 1 aliphatic rings. The number of hydrogen-bond donors (Lipinski definition) is 1. The lowest BCUT2D eigenvalue weighted by Crippen LogP contribution is -2.42. The monoisotopic (exact) mass is 547 g/mol. The Morgan fingerprint density at radius 3 is 2.59 bits per heavy atom. The molecule has 39 heavy (non-hydrogen) atoms. The van der Waals surface area contributed by atoms with Gasteiger partial charge in [0.1, 0.15) is 11.5 Å². The van der Waals surface area contributed by atoms with Crippen molar-refractivity contribution in [2.24, 2.45) is 0 Å². The number of likely N-dealkylation sites (tertiary alicyclic amines) is 1. The van der Waals surface area contributed by atoms with E-state index in [2.05, 4.69) is 15.6 Å². The molecule has 1 N–H and O–H groups in total. The molecule has 3 aromatic rings. The van der Waals surface area contributed by atoms with Gasteiger partial charge in [0.15, 0.2) is 5.69 Å². The first-order valence-electron chi connectivity index (χ1n) is 12.0.